The Labute approximate surface area is 331 Å². The van der Waals surface area contributed by atoms with E-state index in [1.807, 2.05) is 32.2 Å². The average Bonchev–Trinajstić information content (AvgIpc) is 3.82. The Morgan fingerprint density at radius 2 is 1.57 bits per heavy atom. The minimum Gasteiger partial charge on any atom is -0.467 e. The zero-order chi connectivity index (χ0) is 40.6. The van der Waals surface area contributed by atoms with Crippen LogP contribution in [-0.2, 0) is 22.9 Å². The maximum absolute atomic E-state index is 9.44. The third-order valence-corrected chi connectivity index (χ3v) is 12.0. The van der Waals surface area contributed by atoms with E-state index in [1.165, 1.54) is 21.9 Å². The van der Waals surface area contributed by atoms with E-state index in [-0.39, 0.29) is 11.3 Å². The number of ether oxygens (including phenoxy) is 1. The molecule has 10 rings (SSSR count). The normalized spacial score (nSPS) is 19.7. The van der Waals surface area contributed by atoms with Crippen LogP contribution >= 0.6 is 0 Å². The van der Waals surface area contributed by atoms with Crippen molar-refractivity contribution >= 4 is 49.6 Å². The molecule has 4 aromatic carbocycles. The van der Waals surface area contributed by atoms with Gasteiger partial charge in [0.1, 0.15) is 16.9 Å². The Balaban J connectivity index is 1.18. The fraction of sp³-hybridized carbons (Fsp3) is 0.300. The second kappa shape index (κ2) is 12.1. The van der Waals surface area contributed by atoms with Gasteiger partial charge in [-0.2, -0.15) is 0 Å². The van der Waals surface area contributed by atoms with Gasteiger partial charge in [-0.1, -0.05) is 76.1 Å². The highest BCUT2D eigenvalue weighted by Gasteiger charge is 2.47. The third kappa shape index (κ3) is 5.32. The summed E-state index contributed by atoms with van der Waals surface area (Å²) in [6.07, 6.45) is 0.742. The molecule has 1 aliphatic carbocycles. The van der Waals surface area contributed by atoms with Crippen molar-refractivity contribution in [1.82, 2.24) is 19.1 Å². The molecule has 0 saturated carbocycles. The van der Waals surface area contributed by atoms with Gasteiger partial charge in [-0.15, -0.1) is 0 Å². The highest BCUT2D eigenvalue weighted by molar-refractivity contribution is 6.12. The predicted molar refractivity (Wildman–Crippen MR) is 231 cm³/mol. The van der Waals surface area contributed by atoms with Crippen LogP contribution in [0.5, 0.6) is 0 Å². The molecule has 6 heteroatoms. The molecule has 0 spiro atoms. The summed E-state index contributed by atoms with van der Waals surface area (Å²) in [5, 5.41) is 4.65. The van der Waals surface area contributed by atoms with Crippen LogP contribution < -0.4 is 0 Å². The number of hydrogen-bond acceptors (Lipinski definition) is 4. The van der Waals surface area contributed by atoms with Crippen LogP contribution in [0.15, 0.2) is 102 Å². The van der Waals surface area contributed by atoms with E-state index >= 15 is 0 Å². The summed E-state index contributed by atoms with van der Waals surface area (Å²) in [5.74, 6) is 0.512. The first-order valence-electron chi connectivity index (χ1n) is 20.9. The lowest BCUT2D eigenvalue weighted by Crippen LogP contribution is -2.44. The van der Waals surface area contributed by atoms with Crippen molar-refractivity contribution in [3.05, 3.63) is 142 Å². The van der Waals surface area contributed by atoms with E-state index in [9.17, 15) is 2.74 Å². The first-order valence-corrected chi connectivity index (χ1v) is 19.9. The summed E-state index contributed by atoms with van der Waals surface area (Å²) in [6, 6.07) is 32.1. The van der Waals surface area contributed by atoms with E-state index in [4.69, 9.17) is 19.7 Å². The Bertz CT molecular complexity index is 3070. The third-order valence-electron chi connectivity index (χ3n) is 12.0. The molecule has 0 radical (unpaired) electrons. The van der Waals surface area contributed by atoms with Crippen molar-refractivity contribution in [3.8, 4) is 11.4 Å². The summed E-state index contributed by atoms with van der Waals surface area (Å²) in [4.78, 5) is 15.2. The maximum atomic E-state index is 9.44. The molecule has 1 aliphatic heterocycles. The Morgan fingerprint density at radius 1 is 0.786 bits per heavy atom. The Morgan fingerprint density at radius 3 is 2.38 bits per heavy atom. The van der Waals surface area contributed by atoms with E-state index < -0.39 is 18.0 Å². The highest BCUT2D eigenvalue weighted by Crippen LogP contribution is 2.42. The van der Waals surface area contributed by atoms with Crippen molar-refractivity contribution in [2.45, 2.75) is 98.1 Å². The van der Waals surface area contributed by atoms with Crippen LogP contribution in [0.1, 0.15) is 95.0 Å². The second-order valence-corrected chi connectivity index (χ2v) is 17.7. The van der Waals surface area contributed by atoms with Gasteiger partial charge in [0, 0.05) is 48.3 Å². The number of aliphatic imine (C=N–C) groups is 1. The van der Waals surface area contributed by atoms with Gasteiger partial charge in [0.15, 0.2) is 0 Å². The molecule has 56 heavy (non-hydrogen) atoms. The van der Waals surface area contributed by atoms with Gasteiger partial charge in [-0.25, -0.2) is 15.0 Å². The van der Waals surface area contributed by atoms with Crippen LogP contribution in [0.2, 0.25) is 0 Å². The smallest absolute Gasteiger partial charge is 0.236 e. The maximum Gasteiger partial charge on any atom is 0.236 e. The van der Waals surface area contributed by atoms with Crippen LogP contribution in [-0.4, -0.2) is 36.6 Å². The Kier molecular flexibility index (Phi) is 7.03. The molecule has 0 N–H and O–H groups in total. The molecule has 0 bridgehead atoms. The molecular formula is C50H49N5O. The largest absolute Gasteiger partial charge is 0.467 e. The number of rotatable bonds is 4. The molecule has 4 aromatic heterocycles. The zero-order valence-electron chi connectivity index (χ0n) is 35.7. The topological polar surface area (TPSA) is 57.2 Å². The van der Waals surface area contributed by atoms with Crippen molar-refractivity contribution in [2.24, 2.45) is 4.99 Å². The van der Waals surface area contributed by atoms with E-state index in [0.29, 0.717) is 18.0 Å². The number of pyridine rings is 2. The molecule has 0 unspecified atom stereocenters. The zero-order valence-corrected chi connectivity index (χ0v) is 33.7. The highest BCUT2D eigenvalue weighted by atomic mass is 16.5. The SMILES string of the molecule is [2H]C1([2H])c2cc(C)cc(C)c2C[C@]2(C)OC(c3cc(-n4c5ccc(C)cc5c5ccc(-n6c7ccc(C(C)(C)C)cc7c7cccnc76)cc54)cc(C(C)C)n3)=N[C@@H]12. The second-order valence-electron chi connectivity index (χ2n) is 17.7. The molecule has 6 nitrogen and oxygen atoms in total. The van der Waals surface area contributed by atoms with E-state index in [0.717, 1.165) is 72.3 Å². The minimum absolute atomic E-state index is 0.0144. The van der Waals surface area contributed by atoms with Gasteiger partial charge in [0.2, 0.25) is 5.90 Å². The Hall–Kier alpha value is -5.75. The standard InChI is InChI=1S/C50H49N5O/c1-28(2)41-24-35(25-42(52-41)48-53-46-22-32-20-30(4)19-31(5)40(32)27-50(46,9)56-48)54-43-16-12-29(3)21-38(43)36-15-14-34(26-45(36)54)55-44-17-13-33(49(6,7)8)23-39(44)37-11-10-18-51-47(37)55/h10-21,23-26,28,46H,22,27H2,1-9H3/t46-,50-/m0/s1/i22D2. The molecule has 0 fully saturated rings. The van der Waals surface area contributed by atoms with Crippen molar-refractivity contribution in [2.75, 3.05) is 0 Å². The number of nitrogens with zero attached hydrogens (tertiary/aromatic N) is 5. The van der Waals surface area contributed by atoms with Gasteiger partial charge in [0.25, 0.3) is 0 Å². The van der Waals surface area contributed by atoms with Crippen molar-refractivity contribution in [1.29, 1.82) is 0 Å². The lowest BCUT2D eigenvalue weighted by molar-refractivity contribution is 0.0698. The number of aromatic nitrogens is 4. The summed E-state index contributed by atoms with van der Waals surface area (Å²) in [5.41, 5.74) is 13.2. The van der Waals surface area contributed by atoms with E-state index in [2.05, 4.69) is 136 Å². The lowest BCUT2D eigenvalue weighted by Gasteiger charge is -2.36. The van der Waals surface area contributed by atoms with Gasteiger partial charge >= 0.3 is 0 Å². The molecule has 2 atom stereocenters. The summed E-state index contributed by atoms with van der Waals surface area (Å²) in [7, 11) is 0. The summed E-state index contributed by atoms with van der Waals surface area (Å²) >= 11 is 0. The first-order chi connectivity index (χ1) is 27.5. The summed E-state index contributed by atoms with van der Waals surface area (Å²) < 4.78 is 30.3. The quantitative estimate of drug-likeness (QED) is 0.181. The fourth-order valence-electron chi connectivity index (χ4n) is 9.04. The molecule has 0 saturated heterocycles. The van der Waals surface area contributed by atoms with Crippen LogP contribution in [0.25, 0.3) is 55.1 Å². The van der Waals surface area contributed by atoms with Gasteiger partial charge < -0.3 is 9.30 Å². The lowest BCUT2D eigenvalue weighted by atomic mass is 9.76. The molecule has 2 aliphatic rings. The molecule has 8 aromatic rings. The monoisotopic (exact) mass is 737 g/mol. The summed E-state index contributed by atoms with van der Waals surface area (Å²) in [6.45, 7) is 19.3. The number of hydrogen-bond donors (Lipinski definition) is 0. The number of fused-ring (bicyclic) bond motifs is 8. The molecule has 5 heterocycles. The van der Waals surface area contributed by atoms with Crippen molar-refractivity contribution in [3.63, 3.8) is 0 Å². The van der Waals surface area contributed by atoms with Gasteiger partial charge in [0.05, 0.1) is 28.3 Å². The van der Waals surface area contributed by atoms with Crippen LogP contribution in [0.4, 0.5) is 0 Å². The van der Waals surface area contributed by atoms with Crippen LogP contribution in [0.3, 0.4) is 0 Å². The average molecular weight is 738 g/mol. The first kappa shape index (κ1) is 32.5. The molecular weight excluding hydrogens is 687 g/mol. The minimum atomic E-state index is -1.71. The van der Waals surface area contributed by atoms with Crippen molar-refractivity contribution < 1.29 is 7.48 Å². The number of aryl methyl sites for hydroxylation is 3. The van der Waals surface area contributed by atoms with Gasteiger partial charge in [-0.3, -0.25) is 4.57 Å². The molecule has 280 valence electrons. The fourth-order valence-corrected chi connectivity index (χ4v) is 9.04. The predicted octanol–water partition coefficient (Wildman–Crippen LogP) is 11.7. The molecule has 0 amide bonds. The van der Waals surface area contributed by atoms with E-state index in [1.54, 1.807) is 0 Å². The number of benzene rings is 4. The van der Waals surface area contributed by atoms with Crippen LogP contribution in [0, 0.1) is 20.8 Å². The van der Waals surface area contributed by atoms with Gasteiger partial charge in [-0.05, 0) is 128 Å².